The van der Waals surface area contributed by atoms with Crippen LogP contribution < -0.4 is 15.0 Å². The molecule has 162 valence electrons. The molecule has 2 aliphatic heterocycles. The summed E-state index contributed by atoms with van der Waals surface area (Å²) in [7, 11) is 1.34. The quantitative estimate of drug-likeness (QED) is 0.594. The summed E-state index contributed by atoms with van der Waals surface area (Å²) in [6.45, 7) is 0. The number of fused-ring (bicyclic) bond motifs is 2. The first-order valence-electron chi connectivity index (χ1n) is 9.47. The average molecular weight is 474 g/mol. The summed E-state index contributed by atoms with van der Waals surface area (Å²) in [4.78, 5) is 31.9. The van der Waals surface area contributed by atoms with E-state index in [1.165, 1.54) is 55.5 Å². The molecule has 3 amide bonds. The highest BCUT2D eigenvalue weighted by Gasteiger charge is 2.46. The summed E-state index contributed by atoms with van der Waals surface area (Å²) in [6.07, 6.45) is 4.60. The SMILES string of the molecule is COc1cc(C2=CC3NC(=O)N(c4cncc5ccc(F)cc45)C(=O)C3S2)c(Cl)cc1F. The van der Waals surface area contributed by atoms with E-state index in [1.54, 1.807) is 6.08 Å². The maximum Gasteiger partial charge on any atom is 0.329 e. The Labute approximate surface area is 190 Å². The molecule has 2 atom stereocenters. The lowest BCUT2D eigenvalue weighted by molar-refractivity contribution is -0.118. The van der Waals surface area contributed by atoms with Gasteiger partial charge in [0, 0.05) is 27.4 Å². The lowest BCUT2D eigenvalue weighted by atomic mass is 10.1. The van der Waals surface area contributed by atoms with Crippen molar-refractivity contribution in [1.82, 2.24) is 10.3 Å². The Balaban J connectivity index is 1.51. The molecule has 3 aromatic rings. The van der Waals surface area contributed by atoms with Gasteiger partial charge in [0.15, 0.2) is 11.6 Å². The number of anilines is 1. The van der Waals surface area contributed by atoms with Gasteiger partial charge in [0.05, 0.1) is 30.1 Å². The lowest BCUT2D eigenvalue weighted by Gasteiger charge is -2.33. The molecule has 2 unspecified atom stereocenters. The van der Waals surface area contributed by atoms with Gasteiger partial charge in [-0.1, -0.05) is 11.6 Å². The zero-order valence-corrected chi connectivity index (χ0v) is 18.0. The van der Waals surface area contributed by atoms with Crippen molar-refractivity contribution in [3.63, 3.8) is 0 Å². The number of methoxy groups -OCH3 is 1. The molecule has 0 spiro atoms. The van der Waals surface area contributed by atoms with Crippen molar-refractivity contribution in [3.05, 3.63) is 71.0 Å². The van der Waals surface area contributed by atoms with Gasteiger partial charge in [0.1, 0.15) is 11.1 Å². The van der Waals surface area contributed by atoms with Gasteiger partial charge in [-0.2, -0.15) is 0 Å². The number of carbonyl (C=O) groups is 2. The fourth-order valence-electron chi connectivity index (χ4n) is 3.81. The van der Waals surface area contributed by atoms with Gasteiger partial charge in [-0.25, -0.2) is 18.5 Å². The molecule has 2 aromatic carbocycles. The van der Waals surface area contributed by atoms with Gasteiger partial charge in [0.25, 0.3) is 5.91 Å². The highest BCUT2D eigenvalue weighted by Crippen LogP contribution is 2.46. The van der Waals surface area contributed by atoms with Crippen LogP contribution in [0.4, 0.5) is 19.3 Å². The van der Waals surface area contributed by atoms with Crippen LogP contribution in [-0.4, -0.2) is 35.3 Å². The van der Waals surface area contributed by atoms with E-state index in [1.807, 2.05) is 0 Å². The Hall–Kier alpha value is -3.17. The molecule has 32 heavy (non-hydrogen) atoms. The maximum absolute atomic E-state index is 13.9. The van der Waals surface area contributed by atoms with Crippen molar-refractivity contribution in [2.45, 2.75) is 11.3 Å². The zero-order chi connectivity index (χ0) is 22.6. The lowest BCUT2D eigenvalue weighted by Crippen LogP contribution is -2.60. The summed E-state index contributed by atoms with van der Waals surface area (Å²) >= 11 is 7.43. The number of nitrogens with zero attached hydrogens (tertiary/aromatic N) is 2. The van der Waals surface area contributed by atoms with Crippen molar-refractivity contribution in [1.29, 1.82) is 0 Å². The third kappa shape index (κ3) is 3.28. The number of hydrogen-bond donors (Lipinski definition) is 1. The van der Waals surface area contributed by atoms with Crippen LogP contribution in [0.2, 0.25) is 5.02 Å². The van der Waals surface area contributed by atoms with E-state index in [4.69, 9.17) is 16.3 Å². The van der Waals surface area contributed by atoms with E-state index in [2.05, 4.69) is 10.3 Å². The molecular weight excluding hydrogens is 460 g/mol. The summed E-state index contributed by atoms with van der Waals surface area (Å²) in [5, 5.41) is 3.26. The van der Waals surface area contributed by atoms with Gasteiger partial charge in [-0.3, -0.25) is 9.78 Å². The largest absolute Gasteiger partial charge is 0.494 e. The second-order valence-corrected chi connectivity index (χ2v) is 8.80. The van der Waals surface area contributed by atoms with Crippen molar-refractivity contribution >= 4 is 56.7 Å². The third-order valence-electron chi connectivity index (χ3n) is 5.32. The van der Waals surface area contributed by atoms with Crippen LogP contribution in [0, 0.1) is 11.6 Å². The Morgan fingerprint density at radius 3 is 2.78 bits per heavy atom. The van der Waals surface area contributed by atoms with E-state index in [0.29, 0.717) is 21.2 Å². The molecule has 1 saturated heterocycles. The first-order chi connectivity index (χ1) is 15.4. The topological polar surface area (TPSA) is 71.5 Å². The van der Waals surface area contributed by atoms with Gasteiger partial charge in [-0.05, 0) is 36.4 Å². The number of rotatable bonds is 3. The number of ether oxygens (including phenoxy) is 1. The van der Waals surface area contributed by atoms with Crippen molar-refractivity contribution in [2.24, 2.45) is 0 Å². The molecule has 0 radical (unpaired) electrons. The van der Waals surface area contributed by atoms with E-state index in [9.17, 15) is 18.4 Å². The van der Waals surface area contributed by atoms with E-state index in [-0.39, 0.29) is 16.5 Å². The second kappa shape index (κ2) is 7.75. The highest BCUT2D eigenvalue weighted by molar-refractivity contribution is 8.09. The smallest absolute Gasteiger partial charge is 0.329 e. The number of aromatic nitrogens is 1. The van der Waals surface area contributed by atoms with Crippen LogP contribution in [0.3, 0.4) is 0 Å². The summed E-state index contributed by atoms with van der Waals surface area (Å²) in [5.41, 5.74) is 0.685. The molecule has 1 aromatic heterocycles. The predicted octanol–water partition coefficient (Wildman–Crippen LogP) is 4.76. The van der Waals surface area contributed by atoms with Crippen LogP contribution >= 0.6 is 23.4 Å². The molecule has 0 saturated carbocycles. The number of urea groups is 1. The number of thioether (sulfide) groups is 1. The Bertz CT molecular complexity index is 1330. The first kappa shape index (κ1) is 20.7. The first-order valence-corrected chi connectivity index (χ1v) is 10.7. The summed E-state index contributed by atoms with van der Waals surface area (Å²) in [6, 6.07) is 5.44. The maximum atomic E-state index is 13.9. The zero-order valence-electron chi connectivity index (χ0n) is 16.4. The van der Waals surface area contributed by atoms with E-state index < -0.39 is 34.9 Å². The number of benzene rings is 2. The Morgan fingerprint density at radius 2 is 2.00 bits per heavy atom. The van der Waals surface area contributed by atoms with Gasteiger partial charge >= 0.3 is 6.03 Å². The monoisotopic (exact) mass is 473 g/mol. The third-order valence-corrected chi connectivity index (χ3v) is 6.99. The second-order valence-electron chi connectivity index (χ2n) is 7.21. The Morgan fingerprint density at radius 1 is 1.19 bits per heavy atom. The molecule has 2 aliphatic rings. The molecule has 0 bridgehead atoms. The molecule has 6 nitrogen and oxygen atoms in total. The van der Waals surface area contributed by atoms with Crippen LogP contribution in [-0.2, 0) is 4.79 Å². The molecule has 1 N–H and O–H groups in total. The predicted molar refractivity (Wildman–Crippen MR) is 119 cm³/mol. The van der Waals surface area contributed by atoms with Crippen molar-refractivity contribution in [3.8, 4) is 5.75 Å². The number of nitrogens with one attached hydrogen (secondary N) is 1. The number of pyridine rings is 1. The van der Waals surface area contributed by atoms with Gasteiger partial charge in [-0.15, -0.1) is 11.8 Å². The number of hydrogen-bond acceptors (Lipinski definition) is 5. The molecule has 5 rings (SSSR count). The Kier molecular flexibility index (Phi) is 5.02. The van der Waals surface area contributed by atoms with Crippen molar-refractivity contribution < 1.29 is 23.1 Å². The number of amides is 3. The van der Waals surface area contributed by atoms with E-state index in [0.717, 1.165) is 11.0 Å². The highest BCUT2D eigenvalue weighted by atomic mass is 35.5. The van der Waals surface area contributed by atoms with Crippen LogP contribution in [0.1, 0.15) is 5.56 Å². The van der Waals surface area contributed by atoms with Crippen LogP contribution in [0.5, 0.6) is 5.75 Å². The fourth-order valence-corrected chi connectivity index (χ4v) is 5.41. The fraction of sp³-hybridized carbons (Fsp3) is 0.136. The number of imide groups is 1. The minimum Gasteiger partial charge on any atom is -0.494 e. The normalized spacial score (nSPS) is 20.2. The molecule has 10 heteroatoms. The molecule has 0 aliphatic carbocycles. The summed E-state index contributed by atoms with van der Waals surface area (Å²) in [5.74, 6) is -1.55. The summed E-state index contributed by atoms with van der Waals surface area (Å²) < 4.78 is 32.8. The molecule has 3 heterocycles. The average Bonchev–Trinajstić information content (AvgIpc) is 3.18. The number of carbonyl (C=O) groups excluding carboxylic acids is 2. The van der Waals surface area contributed by atoms with E-state index >= 15 is 0 Å². The molecular formula is C22H14ClF2N3O3S. The minimum atomic E-state index is -0.682. The standard InChI is InChI=1S/C22H14ClF2N3O3S/c1-31-18-5-13(14(23)6-15(18)25)19-7-16-20(32-19)21(29)28(22(30)27-16)17-9-26-8-10-2-3-11(24)4-12(10)17/h2-9,16,20H,1H3,(H,27,30). The van der Waals surface area contributed by atoms with Crippen molar-refractivity contribution in [2.75, 3.05) is 12.0 Å². The minimum absolute atomic E-state index is 0.0154. The number of halogens is 3. The van der Waals surface area contributed by atoms with Gasteiger partial charge in [0.2, 0.25) is 0 Å². The molecule has 1 fully saturated rings. The van der Waals surface area contributed by atoms with Crippen LogP contribution in [0.15, 0.2) is 48.8 Å². The van der Waals surface area contributed by atoms with Gasteiger partial charge < -0.3 is 10.1 Å². The van der Waals surface area contributed by atoms with Crippen LogP contribution in [0.25, 0.3) is 15.7 Å².